The van der Waals surface area contributed by atoms with Gasteiger partial charge in [-0.05, 0) is 37.3 Å². The minimum absolute atomic E-state index is 0.193. The predicted octanol–water partition coefficient (Wildman–Crippen LogP) is 6.49. The lowest BCUT2D eigenvalue weighted by atomic mass is 9.92. The van der Waals surface area contributed by atoms with Gasteiger partial charge in [-0.15, -0.1) is 0 Å². The van der Waals surface area contributed by atoms with E-state index in [0.717, 1.165) is 54.3 Å². The fraction of sp³-hybridized carbons (Fsp3) is 0.393. The Hall–Kier alpha value is -3.01. The number of ether oxygens (including phenoxy) is 1. The van der Waals surface area contributed by atoms with Gasteiger partial charge in [0.25, 0.3) is 0 Å². The van der Waals surface area contributed by atoms with Crippen molar-refractivity contribution >= 4 is 22.7 Å². The third-order valence-corrected chi connectivity index (χ3v) is 6.30. The van der Waals surface area contributed by atoms with Crippen LogP contribution in [0.4, 0.5) is 0 Å². The first-order valence-electron chi connectivity index (χ1n) is 11.9. The minimum Gasteiger partial charge on any atom is -0.454 e. The van der Waals surface area contributed by atoms with E-state index in [-0.39, 0.29) is 12.4 Å². The highest BCUT2D eigenvalue weighted by molar-refractivity contribution is 6.06. The Labute approximate surface area is 190 Å². The number of ketones is 1. The average Bonchev–Trinajstić information content (AvgIpc) is 2.82. The smallest absolute Gasteiger partial charge is 0.339 e. The van der Waals surface area contributed by atoms with E-state index in [0.29, 0.717) is 11.1 Å². The molecule has 0 saturated carbocycles. The molecule has 2 aromatic carbocycles. The molecule has 0 N–H and O–H groups in total. The van der Waals surface area contributed by atoms with Crippen molar-refractivity contribution in [2.75, 3.05) is 6.61 Å². The van der Waals surface area contributed by atoms with Gasteiger partial charge in [-0.3, -0.25) is 9.78 Å². The van der Waals surface area contributed by atoms with E-state index in [4.69, 9.17) is 9.72 Å². The zero-order valence-electron chi connectivity index (χ0n) is 18.6. The van der Waals surface area contributed by atoms with Gasteiger partial charge in [0.15, 0.2) is 12.4 Å². The normalized spacial score (nSPS) is 15.2. The number of carbonyl (C=O) groups is 2. The summed E-state index contributed by atoms with van der Waals surface area (Å²) < 4.78 is 5.57. The van der Waals surface area contributed by atoms with Gasteiger partial charge in [0, 0.05) is 16.6 Å². The molecule has 166 valence electrons. The molecule has 0 atom stereocenters. The van der Waals surface area contributed by atoms with Crippen molar-refractivity contribution in [1.82, 2.24) is 4.98 Å². The zero-order chi connectivity index (χ0) is 22.2. The summed E-state index contributed by atoms with van der Waals surface area (Å²) in [7, 11) is 0. The van der Waals surface area contributed by atoms with Crippen LogP contribution in [-0.2, 0) is 17.6 Å². The van der Waals surface area contributed by atoms with Crippen molar-refractivity contribution in [3.63, 3.8) is 0 Å². The van der Waals surface area contributed by atoms with Gasteiger partial charge in [-0.25, -0.2) is 4.79 Å². The first-order valence-corrected chi connectivity index (χ1v) is 11.9. The number of hydrogen-bond donors (Lipinski definition) is 0. The molecule has 0 saturated heterocycles. The maximum atomic E-state index is 13.3. The molecule has 0 fully saturated rings. The number of pyridine rings is 1. The van der Waals surface area contributed by atoms with Gasteiger partial charge in [0.05, 0.1) is 11.1 Å². The summed E-state index contributed by atoms with van der Waals surface area (Å²) in [5, 5.41) is 0.815. The van der Waals surface area contributed by atoms with Gasteiger partial charge in [0.1, 0.15) is 0 Å². The topological polar surface area (TPSA) is 56.3 Å². The SMILES string of the molecule is O=C(COC(=O)c1c2c(nc3ccccc13)CCCCCCCCCC2)c1ccccc1. The standard InChI is InChI=1S/C28H31NO3/c30-26(21-14-8-7-9-15-21)20-32-28(31)27-22-16-10-5-3-1-2-4-6-11-18-24(22)29-25-19-13-12-17-23(25)27/h7-9,12-15,17,19H,1-6,10-11,16,18,20H2. The second-order valence-electron chi connectivity index (χ2n) is 8.62. The zero-order valence-corrected chi connectivity index (χ0v) is 18.6. The Bertz CT molecular complexity index is 1070. The number of aromatic nitrogens is 1. The Morgan fingerprint density at radius 3 is 2.12 bits per heavy atom. The van der Waals surface area contributed by atoms with E-state index in [1.165, 1.54) is 32.1 Å². The number of rotatable bonds is 4. The summed E-state index contributed by atoms with van der Waals surface area (Å²) in [6, 6.07) is 16.7. The molecular weight excluding hydrogens is 398 g/mol. The molecular formula is C28H31NO3. The molecule has 4 rings (SSSR count). The number of esters is 1. The third kappa shape index (κ3) is 5.42. The molecule has 1 aliphatic rings. The van der Waals surface area contributed by atoms with Crippen LogP contribution in [0.15, 0.2) is 54.6 Å². The van der Waals surface area contributed by atoms with Gasteiger partial charge in [-0.1, -0.05) is 87.1 Å². The molecule has 1 heterocycles. The predicted molar refractivity (Wildman–Crippen MR) is 127 cm³/mol. The van der Waals surface area contributed by atoms with Gasteiger partial charge in [0.2, 0.25) is 0 Å². The second kappa shape index (κ2) is 11.0. The van der Waals surface area contributed by atoms with Crippen LogP contribution in [0, 0.1) is 0 Å². The van der Waals surface area contributed by atoms with Crippen molar-refractivity contribution < 1.29 is 14.3 Å². The van der Waals surface area contributed by atoms with Crippen LogP contribution < -0.4 is 0 Å². The number of aryl methyl sites for hydroxylation is 1. The molecule has 32 heavy (non-hydrogen) atoms. The molecule has 4 heteroatoms. The monoisotopic (exact) mass is 429 g/mol. The Morgan fingerprint density at radius 1 is 0.750 bits per heavy atom. The third-order valence-electron chi connectivity index (χ3n) is 6.30. The summed E-state index contributed by atoms with van der Waals surface area (Å²) in [5.41, 5.74) is 4.01. The molecule has 4 nitrogen and oxygen atoms in total. The first kappa shape index (κ1) is 22.2. The number of fused-ring (bicyclic) bond motifs is 2. The highest BCUT2D eigenvalue weighted by Crippen LogP contribution is 2.28. The Kier molecular flexibility index (Phi) is 7.65. The van der Waals surface area contributed by atoms with Crippen LogP contribution in [0.3, 0.4) is 0 Å². The summed E-state index contributed by atoms with van der Waals surface area (Å²) in [6.07, 6.45) is 11.3. The van der Waals surface area contributed by atoms with E-state index in [1.54, 1.807) is 12.1 Å². The highest BCUT2D eigenvalue weighted by atomic mass is 16.5. The molecule has 0 aliphatic heterocycles. The molecule has 1 aliphatic carbocycles. The van der Waals surface area contributed by atoms with Crippen LogP contribution in [-0.4, -0.2) is 23.3 Å². The summed E-state index contributed by atoms with van der Waals surface area (Å²) in [4.78, 5) is 30.8. The number of carbonyl (C=O) groups excluding carboxylic acids is 2. The molecule has 3 aromatic rings. The average molecular weight is 430 g/mol. The van der Waals surface area contributed by atoms with Crippen molar-refractivity contribution in [3.8, 4) is 0 Å². The molecule has 0 spiro atoms. The maximum absolute atomic E-state index is 13.3. The second-order valence-corrected chi connectivity index (χ2v) is 8.62. The van der Waals surface area contributed by atoms with Crippen LogP contribution >= 0.6 is 0 Å². The lowest BCUT2D eigenvalue weighted by Crippen LogP contribution is -2.17. The number of benzene rings is 2. The summed E-state index contributed by atoms with van der Waals surface area (Å²) in [6.45, 7) is -0.256. The van der Waals surface area contributed by atoms with Gasteiger partial charge >= 0.3 is 5.97 Å². The summed E-state index contributed by atoms with van der Waals surface area (Å²) >= 11 is 0. The first-order chi connectivity index (χ1) is 15.7. The number of nitrogens with zero attached hydrogens (tertiary/aromatic N) is 1. The highest BCUT2D eigenvalue weighted by Gasteiger charge is 2.22. The molecule has 0 radical (unpaired) electrons. The van der Waals surface area contributed by atoms with Crippen LogP contribution in [0.2, 0.25) is 0 Å². The van der Waals surface area contributed by atoms with Gasteiger partial charge < -0.3 is 4.74 Å². The minimum atomic E-state index is -0.420. The number of para-hydroxylation sites is 1. The lowest BCUT2D eigenvalue weighted by Gasteiger charge is -2.17. The maximum Gasteiger partial charge on any atom is 0.339 e. The number of Topliss-reactive ketones (excluding diaryl/α,β-unsaturated/α-hetero) is 1. The molecule has 0 unspecified atom stereocenters. The van der Waals surface area contributed by atoms with Crippen molar-refractivity contribution in [2.45, 2.75) is 64.2 Å². The van der Waals surface area contributed by atoms with Crippen LogP contribution in [0.1, 0.15) is 83.3 Å². The Balaban J connectivity index is 1.65. The van der Waals surface area contributed by atoms with E-state index >= 15 is 0 Å². The van der Waals surface area contributed by atoms with Crippen LogP contribution in [0.5, 0.6) is 0 Å². The van der Waals surface area contributed by atoms with E-state index < -0.39 is 5.97 Å². The van der Waals surface area contributed by atoms with E-state index in [2.05, 4.69) is 0 Å². The van der Waals surface area contributed by atoms with Gasteiger partial charge in [-0.2, -0.15) is 0 Å². The molecule has 0 bridgehead atoms. The number of hydrogen-bond acceptors (Lipinski definition) is 4. The van der Waals surface area contributed by atoms with E-state index in [9.17, 15) is 9.59 Å². The Morgan fingerprint density at radius 2 is 1.38 bits per heavy atom. The van der Waals surface area contributed by atoms with Crippen molar-refractivity contribution in [1.29, 1.82) is 0 Å². The fourth-order valence-corrected chi connectivity index (χ4v) is 4.58. The van der Waals surface area contributed by atoms with Crippen molar-refractivity contribution in [3.05, 3.63) is 77.0 Å². The fourth-order valence-electron chi connectivity index (χ4n) is 4.58. The van der Waals surface area contributed by atoms with Crippen molar-refractivity contribution in [2.24, 2.45) is 0 Å². The quantitative estimate of drug-likeness (QED) is 0.351. The van der Waals surface area contributed by atoms with Crippen LogP contribution in [0.25, 0.3) is 10.9 Å². The van der Waals surface area contributed by atoms with E-state index in [1.807, 2.05) is 42.5 Å². The molecule has 0 amide bonds. The largest absolute Gasteiger partial charge is 0.454 e. The lowest BCUT2D eigenvalue weighted by molar-refractivity contribution is 0.0475. The molecule has 1 aromatic heterocycles. The summed E-state index contributed by atoms with van der Waals surface area (Å²) in [5.74, 6) is -0.613.